The highest BCUT2D eigenvalue weighted by atomic mass is 32.1. The lowest BCUT2D eigenvalue weighted by Crippen LogP contribution is -2.37. The Morgan fingerprint density at radius 1 is 1.20 bits per heavy atom. The minimum atomic E-state index is -0.696. The fourth-order valence-corrected chi connectivity index (χ4v) is 2.65. The molecule has 0 saturated carbocycles. The second-order valence-electron chi connectivity index (χ2n) is 5.68. The second-order valence-corrected chi connectivity index (χ2v) is 6.09. The molecular weight excluding hydrogens is 344 g/mol. The Balaban J connectivity index is 2.04. The van der Waals surface area contributed by atoms with E-state index < -0.39 is 11.6 Å². The molecule has 25 heavy (non-hydrogen) atoms. The molecule has 0 radical (unpaired) electrons. The number of nitrogens with zero attached hydrogens (tertiary/aromatic N) is 1. The summed E-state index contributed by atoms with van der Waals surface area (Å²) in [7, 11) is 5.53. The molecular formula is C18H21F2N3OS. The molecule has 0 amide bonds. The molecule has 0 bridgehead atoms. The van der Waals surface area contributed by atoms with Crippen LogP contribution in [0.4, 0.5) is 14.5 Å². The smallest absolute Gasteiger partial charge is 0.170 e. The van der Waals surface area contributed by atoms with Crippen LogP contribution in [0, 0.1) is 11.6 Å². The van der Waals surface area contributed by atoms with Gasteiger partial charge in [-0.05, 0) is 44.5 Å². The van der Waals surface area contributed by atoms with Gasteiger partial charge in [0.25, 0.3) is 0 Å². The van der Waals surface area contributed by atoms with Crippen molar-refractivity contribution in [3.8, 4) is 5.75 Å². The number of thiocarbonyl (C=S) groups is 1. The van der Waals surface area contributed by atoms with Gasteiger partial charge in [0.2, 0.25) is 0 Å². The van der Waals surface area contributed by atoms with E-state index in [4.69, 9.17) is 17.0 Å². The fraction of sp³-hybridized carbons (Fsp3) is 0.278. The van der Waals surface area contributed by atoms with Crippen molar-refractivity contribution < 1.29 is 13.5 Å². The lowest BCUT2D eigenvalue weighted by atomic mass is 10.0. The molecule has 2 aromatic rings. The van der Waals surface area contributed by atoms with Crippen LogP contribution in [0.2, 0.25) is 0 Å². The van der Waals surface area contributed by atoms with E-state index in [1.54, 1.807) is 7.11 Å². The highest BCUT2D eigenvalue weighted by Gasteiger charge is 2.18. The third kappa shape index (κ3) is 5.11. The lowest BCUT2D eigenvalue weighted by molar-refractivity contribution is 0.288. The van der Waals surface area contributed by atoms with E-state index in [0.717, 1.165) is 17.4 Å². The Bertz CT molecular complexity index is 740. The van der Waals surface area contributed by atoms with Gasteiger partial charge in [-0.1, -0.05) is 18.2 Å². The first-order chi connectivity index (χ1) is 11.9. The van der Waals surface area contributed by atoms with Gasteiger partial charge in [0.1, 0.15) is 17.4 Å². The van der Waals surface area contributed by atoms with Crippen LogP contribution in [0.3, 0.4) is 0 Å². The standard InChI is InChI=1S/C18H21F2N3OS/c1-23(2)16(13-6-4-5-7-17(13)24-3)11-21-18(25)22-15-9-8-12(19)10-14(15)20/h4-10,16H,11H2,1-3H3,(H2,21,22,25)/t16-/m1/s1. The number of nitrogens with one attached hydrogen (secondary N) is 2. The minimum absolute atomic E-state index is 0.00559. The summed E-state index contributed by atoms with van der Waals surface area (Å²) in [6.07, 6.45) is 0. The minimum Gasteiger partial charge on any atom is -0.496 e. The third-order valence-corrected chi connectivity index (χ3v) is 4.00. The third-order valence-electron chi connectivity index (χ3n) is 3.76. The first-order valence-corrected chi connectivity index (χ1v) is 8.12. The Morgan fingerprint density at radius 3 is 2.56 bits per heavy atom. The van der Waals surface area contributed by atoms with E-state index in [2.05, 4.69) is 10.6 Å². The van der Waals surface area contributed by atoms with Crippen LogP contribution in [0.1, 0.15) is 11.6 Å². The first-order valence-electron chi connectivity index (χ1n) is 7.71. The van der Waals surface area contributed by atoms with Crippen LogP contribution in [0.5, 0.6) is 5.75 Å². The summed E-state index contributed by atoms with van der Waals surface area (Å²) >= 11 is 5.21. The van der Waals surface area contributed by atoms with Crippen LogP contribution in [0.15, 0.2) is 42.5 Å². The van der Waals surface area contributed by atoms with Gasteiger partial charge in [0.05, 0.1) is 18.8 Å². The van der Waals surface area contributed by atoms with Gasteiger partial charge in [0.15, 0.2) is 5.11 Å². The molecule has 0 aliphatic rings. The van der Waals surface area contributed by atoms with E-state index in [1.807, 2.05) is 43.3 Å². The molecule has 2 rings (SSSR count). The number of likely N-dealkylation sites (N-methyl/N-ethyl adjacent to an activating group) is 1. The number of ether oxygens (including phenoxy) is 1. The molecule has 0 aliphatic carbocycles. The van der Waals surface area contributed by atoms with Gasteiger partial charge in [-0.15, -0.1) is 0 Å². The predicted octanol–water partition coefficient (Wildman–Crippen LogP) is 3.56. The number of anilines is 1. The quantitative estimate of drug-likeness (QED) is 0.766. The molecule has 7 heteroatoms. The normalized spacial score (nSPS) is 11.9. The summed E-state index contributed by atoms with van der Waals surface area (Å²) in [5.74, 6) is -0.546. The van der Waals surface area contributed by atoms with E-state index in [0.29, 0.717) is 6.54 Å². The maximum absolute atomic E-state index is 13.7. The first kappa shape index (κ1) is 19.1. The van der Waals surface area contributed by atoms with Crippen molar-refractivity contribution >= 4 is 23.0 Å². The van der Waals surface area contributed by atoms with E-state index in [-0.39, 0.29) is 16.8 Å². The van der Waals surface area contributed by atoms with Crippen molar-refractivity contribution in [2.75, 3.05) is 33.1 Å². The van der Waals surface area contributed by atoms with Crippen LogP contribution < -0.4 is 15.4 Å². The highest BCUT2D eigenvalue weighted by Crippen LogP contribution is 2.27. The van der Waals surface area contributed by atoms with Crippen LogP contribution >= 0.6 is 12.2 Å². The fourth-order valence-electron chi connectivity index (χ4n) is 2.46. The van der Waals surface area contributed by atoms with Gasteiger partial charge in [-0.25, -0.2) is 8.78 Å². The topological polar surface area (TPSA) is 36.5 Å². The molecule has 0 unspecified atom stereocenters. The van der Waals surface area contributed by atoms with Crippen molar-refractivity contribution in [2.24, 2.45) is 0 Å². The van der Waals surface area contributed by atoms with E-state index in [9.17, 15) is 8.78 Å². The van der Waals surface area contributed by atoms with Crippen molar-refractivity contribution in [1.82, 2.24) is 10.2 Å². The SMILES string of the molecule is COc1ccccc1[C@@H](CNC(=S)Nc1ccc(F)cc1F)N(C)C. The zero-order valence-corrected chi connectivity index (χ0v) is 15.2. The van der Waals surface area contributed by atoms with Gasteiger partial charge >= 0.3 is 0 Å². The molecule has 1 atom stereocenters. The summed E-state index contributed by atoms with van der Waals surface area (Å²) in [6.45, 7) is 0.488. The molecule has 134 valence electrons. The second kappa shape index (κ2) is 8.73. The maximum Gasteiger partial charge on any atom is 0.170 e. The molecule has 0 spiro atoms. The Hall–Kier alpha value is -2.25. The van der Waals surface area contributed by atoms with Crippen molar-refractivity contribution in [2.45, 2.75) is 6.04 Å². The molecule has 0 aliphatic heterocycles. The van der Waals surface area contributed by atoms with Gasteiger partial charge in [-0.3, -0.25) is 0 Å². The van der Waals surface area contributed by atoms with Crippen molar-refractivity contribution in [1.29, 1.82) is 0 Å². The summed E-state index contributed by atoms with van der Waals surface area (Å²) in [6, 6.07) is 11.0. The molecule has 0 heterocycles. The van der Waals surface area contributed by atoms with Gasteiger partial charge in [0, 0.05) is 18.2 Å². The Morgan fingerprint density at radius 2 is 1.92 bits per heavy atom. The van der Waals surface area contributed by atoms with E-state index in [1.165, 1.54) is 12.1 Å². The van der Waals surface area contributed by atoms with Crippen LogP contribution in [0.25, 0.3) is 0 Å². The average molecular weight is 365 g/mol. The molecule has 2 N–H and O–H groups in total. The Labute approximate surface area is 151 Å². The number of hydrogen-bond acceptors (Lipinski definition) is 3. The predicted molar refractivity (Wildman–Crippen MR) is 100 cm³/mol. The lowest BCUT2D eigenvalue weighted by Gasteiger charge is -2.27. The largest absolute Gasteiger partial charge is 0.496 e. The zero-order valence-electron chi connectivity index (χ0n) is 14.3. The molecule has 0 fully saturated rings. The number of methoxy groups -OCH3 is 1. The number of benzene rings is 2. The summed E-state index contributed by atoms with van der Waals surface area (Å²) in [5.41, 5.74) is 1.14. The van der Waals surface area contributed by atoms with Crippen molar-refractivity contribution in [3.05, 3.63) is 59.7 Å². The number of rotatable bonds is 6. The molecule has 4 nitrogen and oxygen atoms in total. The summed E-state index contributed by atoms with van der Waals surface area (Å²) in [5, 5.41) is 6.06. The average Bonchev–Trinajstić information content (AvgIpc) is 2.57. The monoisotopic (exact) mass is 365 g/mol. The van der Waals surface area contributed by atoms with Crippen LogP contribution in [-0.2, 0) is 0 Å². The van der Waals surface area contributed by atoms with Crippen LogP contribution in [-0.4, -0.2) is 37.8 Å². The molecule has 0 saturated heterocycles. The Kier molecular flexibility index (Phi) is 6.66. The van der Waals surface area contributed by atoms with Crippen molar-refractivity contribution in [3.63, 3.8) is 0 Å². The summed E-state index contributed by atoms with van der Waals surface area (Å²) in [4.78, 5) is 2.03. The number of halogens is 2. The zero-order chi connectivity index (χ0) is 18.4. The van der Waals surface area contributed by atoms with Gasteiger partial charge < -0.3 is 20.3 Å². The molecule has 2 aromatic carbocycles. The maximum atomic E-state index is 13.7. The number of hydrogen-bond donors (Lipinski definition) is 2. The van der Waals surface area contributed by atoms with Gasteiger partial charge in [-0.2, -0.15) is 0 Å². The van der Waals surface area contributed by atoms with E-state index >= 15 is 0 Å². The molecule has 0 aromatic heterocycles. The summed E-state index contributed by atoms with van der Waals surface area (Å²) < 4.78 is 32.1. The number of para-hydroxylation sites is 1. The highest BCUT2D eigenvalue weighted by molar-refractivity contribution is 7.80.